The summed E-state index contributed by atoms with van der Waals surface area (Å²) in [6.45, 7) is 5.46. The lowest BCUT2D eigenvalue weighted by Crippen LogP contribution is -2.43. The molecule has 36 heavy (non-hydrogen) atoms. The molecule has 0 saturated heterocycles. The van der Waals surface area contributed by atoms with Gasteiger partial charge >= 0.3 is 18.2 Å². The van der Waals surface area contributed by atoms with E-state index in [0.29, 0.717) is 21.0 Å². The molecular weight excluding hydrogens is 545 g/mol. The third-order valence-electron chi connectivity index (χ3n) is 5.95. The summed E-state index contributed by atoms with van der Waals surface area (Å²) in [4.78, 5) is 37.5. The van der Waals surface area contributed by atoms with Crippen LogP contribution in [0, 0.1) is 0 Å². The molecule has 2 heterocycles. The van der Waals surface area contributed by atoms with Crippen molar-refractivity contribution in [2.24, 2.45) is 0 Å². The molecule has 1 aliphatic rings. The van der Waals surface area contributed by atoms with Crippen molar-refractivity contribution in [3.63, 3.8) is 0 Å². The number of hydrogen-bond donors (Lipinski definition) is 2. The van der Waals surface area contributed by atoms with Crippen molar-refractivity contribution < 1.29 is 32.7 Å². The molecule has 8 nitrogen and oxygen atoms in total. The summed E-state index contributed by atoms with van der Waals surface area (Å²) < 4.78 is 40.1. The van der Waals surface area contributed by atoms with Crippen molar-refractivity contribution in [3.05, 3.63) is 57.2 Å². The highest BCUT2D eigenvalue weighted by atomic mass is 79.9. The number of nitrogens with zero attached hydrogens (tertiary/aromatic N) is 3. The Hall–Kier alpha value is -3.41. The number of alkyl halides is 3. The lowest BCUT2D eigenvalue weighted by Gasteiger charge is -2.29. The molecule has 0 saturated carbocycles. The summed E-state index contributed by atoms with van der Waals surface area (Å²) in [5, 5.41) is 16.7. The van der Waals surface area contributed by atoms with Crippen molar-refractivity contribution >= 4 is 50.4 Å². The van der Waals surface area contributed by atoms with E-state index in [0.717, 1.165) is 15.1 Å². The predicted octanol–water partition coefficient (Wildman–Crippen LogP) is 5.32. The second-order valence-electron chi connectivity index (χ2n) is 9.52. The minimum atomic E-state index is -4.97. The van der Waals surface area contributed by atoms with Gasteiger partial charge in [0.1, 0.15) is 0 Å². The van der Waals surface area contributed by atoms with Gasteiger partial charge in [0.25, 0.3) is 5.91 Å². The second kappa shape index (κ2) is 8.91. The molecule has 0 radical (unpaired) electrons. The van der Waals surface area contributed by atoms with Crippen molar-refractivity contribution in [2.45, 2.75) is 45.3 Å². The maximum atomic E-state index is 13.3. The SMILES string of the molecule is CC(C)(C)c1c(Br)ccc2c1c(C(=O)Nc1ccc3c(c1)CN(C(=O)C(F)(F)F)CC3)nn2C(=O)O. The topological polar surface area (TPSA) is 105 Å². The van der Waals surface area contributed by atoms with E-state index in [2.05, 4.69) is 26.3 Å². The van der Waals surface area contributed by atoms with Gasteiger partial charge in [-0.05, 0) is 52.8 Å². The Kier molecular flexibility index (Phi) is 6.36. The minimum Gasteiger partial charge on any atom is -0.463 e. The fourth-order valence-corrected chi connectivity index (χ4v) is 5.33. The number of hydrogen-bond acceptors (Lipinski definition) is 4. The average molecular weight is 567 g/mol. The van der Waals surface area contributed by atoms with Crippen LogP contribution in [-0.2, 0) is 23.2 Å². The molecule has 0 fully saturated rings. The standard InChI is InChI=1S/C24H22BrF3N4O4/c1-23(2,3)18-15(25)6-7-16-17(18)19(30-32(16)22(35)36)20(33)29-14-5-4-12-8-9-31(11-13(12)10-14)21(34)24(26,27)28/h4-7,10H,8-9,11H2,1-3H3,(H,29,33)(H,35,36). The molecule has 0 unspecified atom stereocenters. The Bertz CT molecular complexity index is 1410. The molecule has 0 aliphatic carbocycles. The lowest BCUT2D eigenvalue weighted by atomic mass is 9.84. The number of aromatic nitrogens is 2. The van der Waals surface area contributed by atoms with E-state index < -0.39 is 29.5 Å². The minimum absolute atomic E-state index is 0.0554. The molecule has 0 atom stereocenters. The van der Waals surface area contributed by atoms with Gasteiger partial charge in [0.2, 0.25) is 0 Å². The van der Waals surface area contributed by atoms with Gasteiger partial charge in [-0.3, -0.25) is 9.59 Å². The highest BCUT2D eigenvalue weighted by Gasteiger charge is 2.43. The second-order valence-corrected chi connectivity index (χ2v) is 10.4. The monoisotopic (exact) mass is 566 g/mol. The zero-order valence-electron chi connectivity index (χ0n) is 19.5. The number of anilines is 1. The van der Waals surface area contributed by atoms with Crippen LogP contribution in [-0.4, -0.2) is 50.4 Å². The van der Waals surface area contributed by atoms with Crippen LogP contribution in [0.1, 0.15) is 48.0 Å². The van der Waals surface area contributed by atoms with Crippen molar-refractivity contribution in [1.29, 1.82) is 0 Å². The van der Waals surface area contributed by atoms with Crippen molar-refractivity contribution in [1.82, 2.24) is 14.7 Å². The molecule has 0 bridgehead atoms. The number of carbonyl (C=O) groups is 3. The van der Waals surface area contributed by atoms with E-state index in [1.54, 1.807) is 24.3 Å². The van der Waals surface area contributed by atoms with Gasteiger partial charge in [0.15, 0.2) is 5.69 Å². The Morgan fingerprint density at radius 2 is 1.78 bits per heavy atom. The largest absolute Gasteiger partial charge is 0.471 e. The summed E-state index contributed by atoms with van der Waals surface area (Å²) >= 11 is 3.49. The molecule has 4 rings (SSSR count). The summed E-state index contributed by atoms with van der Waals surface area (Å²) in [7, 11) is 0. The molecule has 2 amide bonds. The first-order valence-electron chi connectivity index (χ1n) is 10.9. The van der Waals surface area contributed by atoms with E-state index >= 15 is 0 Å². The van der Waals surface area contributed by atoms with Crippen LogP contribution in [0.2, 0.25) is 0 Å². The van der Waals surface area contributed by atoms with Crippen molar-refractivity contribution in [2.75, 3.05) is 11.9 Å². The highest BCUT2D eigenvalue weighted by molar-refractivity contribution is 9.10. The van der Waals surface area contributed by atoms with Crippen LogP contribution < -0.4 is 5.32 Å². The number of halogens is 4. The number of nitrogens with one attached hydrogen (secondary N) is 1. The van der Waals surface area contributed by atoms with E-state index in [1.165, 1.54) is 6.07 Å². The highest BCUT2D eigenvalue weighted by Crippen LogP contribution is 2.38. The van der Waals surface area contributed by atoms with Gasteiger partial charge in [-0.1, -0.05) is 42.8 Å². The molecule has 190 valence electrons. The third kappa shape index (κ3) is 4.69. The van der Waals surface area contributed by atoms with Gasteiger partial charge in [-0.15, -0.1) is 0 Å². The quantitative estimate of drug-likeness (QED) is 0.436. The van der Waals surface area contributed by atoms with E-state index in [4.69, 9.17) is 0 Å². The first kappa shape index (κ1) is 25.7. The summed E-state index contributed by atoms with van der Waals surface area (Å²) in [5.41, 5.74) is 1.90. The lowest BCUT2D eigenvalue weighted by molar-refractivity contribution is -0.186. The first-order valence-corrected chi connectivity index (χ1v) is 11.7. The van der Waals surface area contributed by atoms with Crippen LogP contribution in [0.3, 0.4) is 0 Å². The maximum absolute atomic E-state index is 13.3. The van der Waals surface area contributed by atoms with Crippen LogP contribution in [0.25, 0.3) is 10.9 Å². The first-order chi connectivity index (χ1) is 16.7. The predicted molar refractivity (Wildman–Crippen MR) is 129 cm³/mol. The normalized spacial score (nSPS) is 14.0. The smallest absolute Gasteiger partial charge is 0.463 e. The van der Waals surface area contributed by atoms with Gasteiger partial charge in [0.05, 0.1) is 5.52 Å². The molecule has 2 N–H and O–H groups in total. The Labute approximate surface area is 212 Å². The van der Waals surface area contributed by atoms with Crippen LogP contribution in [0.15, 0.2) is 34.8 Å². The van der Waals surface area contributed by atoms with E-state index in [-0.39, 0.29) is 36.4 Å². The molecule has 0 spiro atoms. The van der Waals surface area contributed by atoms with E-state index in [9.17, 15) is 32.7 Å². The molecule has 12 heteroatoms. The Morgan fingerprint density at radius 1 is 1.08 bits per heavy atom. The summed E-state index contributed by atoms with van der Waals surface area (Å²) in [5.74, 6) is -2.59. The fourth-order valence-electron chi connectivity index (χ4n) is 4.40. The molecular formula is C24H22BrF3N4O4. The van der Waals surface area contributed by atoms with Crippen LogP contribution >= 0.6 is 15.9 Å². The van der Waals surface area contributed by atoms with Gasteiger partial charge < -0.3 is 15.3 Å². The van der Waals surface area contributed by atoms with Gasteiger partial charge in [-0.2, -0.15) is 23.0 Å². The third-order valence-corrected chi connectivity index (χ3v) is 6.61. The number of carboxylic acid groups (broad SMARTS) is 1. The summed E-state index contributed by atoms with van der Waals surface area (Å²) in [6, 6.07) is 8.06. The van der Waals surface area contributed by atoms with Crippen LogP contribution in [0.5, 0.6) is 0 Å². The van der Waals surface area contributed by atoms with Crippen LogP contribution in [0.4, 0.5) is 23.7 Å². The number of amides is 2. The number of fused-ring (bicyclic) bond motifs is 2. The van der Waals surface area contributed by atoms with Crippen molar-refractivity contribution in [3.8, 4) is 0 Å². The number of benzene rings is 2. The Morgan fingerprint density at radius 3 is 2.39 bits per heavy atom. The molecule has 1 aliphatic heterocycles. The zero-order chi connectivity index (χ0) is 26.6. The fraction of sp³-hybridized carbons (Fsp3) is 0.333. The van der Waals surface area contributed by atoms with Gasteiger partial charge in [-0.25, -0.2) is 4.79 Å². The van der Waals surface area contributed by atoms with E-state index in [1.807, 2.05) is 20.8 Å². The molecule has 2 aromatic carbocycles. The molecule has 1 aromatic heterocycles. The number of carbonyl (C=O) groups excluding carboxylic acids is 2. The number of rotatable bonds is 2. The molecule has 3 aromatic rings. The van der Waals surface area contributed by atoms with Gasteiger partial charge in [0, 0.05) is 28.6 Å². The zero-order valence-corrected chi connectivity index (χ0v) is 21.1. The maximum Gasteiger partial charge on any atom is 0.471 e. The summed E-state index contributed by atoms with van der Waals surface area (Å²) in [6.07, 6.45) is -6.07. The Balaban J connectivity index is 1.71. The average Bonchev–Trinajstić information content (AvgIpc) is 3.16.